The molecule has 0 amide bonds. The molecule has 0 unspecified atom stereocenters. The number of rotatable bonds is 4. The van der Waals surface area contributed by atoms with Gasteiger partial charge in [0.2, 0.25) is 0 Å². The molecule has 2 nitrogen and oxygen atoms in total. The van der Waals surface area contributed by atoms with Crippen LogP contribution in [0.25, 0.3) is 16.8 Å². The predicted octanol–water partition coefficient (Wildman–Crippen LogP) is 6.50. The van der Waals surface area contributed by atoms with Crippen LogP contribution in [-0.2, 0) is 0 Å². The van der Waals surface area contributed by atoms with E-state index in [0.29, 0.717) is 0 Å². The Balaban J connectivity index is 1.63. The highest BCUT2D eigenvalue weighted by Crippen LogP contribution is 2.32. The molecule has 2 heteroatoms. The molecular weight excluding hydrogens is 352 g/mol. The topological polar surface area (TPSA) is 28.1 Å². The lowest BCUT2D eigenvalue weighted by molar-refractivity contribution is 1.31. The fourth-order valence-corrected chi connectivity index (χ4v) is 3.64. The monoisotopic (exact) mass is 372 g/mol. The van der Waals surface area contributed by atoms with E-state index in [-0.39, 0.29) is 0 Å². The second-order valence-electron chi connectivity index (χ2n) is 6.97. The summed E-state index contributed by atoms with van der Waals surface area (Å²) in [6.07, 6.45) is 4.20. The molecule has 3 aromatic carbocycles. The van der Waals surface area contributed by atoms with E-state index in [1.54, 1.807) is 0 Å². The molecule has 1 N–H and O–H groups in total. The van der Waals surface area contributed by atoms with Gasteiger partial charge in [-0.2, -0.15) is 0 Å². The molecule has 0 atom stereocenters. The third-order valence-electron chi connectivity index (χ3n) is 5.07. The van der Waals surface area contributed by atoms with Crippen molar-refractivity contribution in [2.75, 3.05) is 0 Å². The minimum atomic E-state index is 0.969. The molecule has 4 aromatic rings. The van der Waals surface area contributed by atoms with E-state index >= 15 is 0 Å². The van der Waals surface area contributed by atoms with Crippen LogP contribution in [0.2, 0.25) is 0 Å². The van der Waals surface area contributed by atoms with E-state index in [9.17, 15) is 0 Å². The minimum Gasteiger partial charge on any atom is -0.354 e. The van der Waals surface area contributed by atoms with Crippen molar-refractivity contribution in [3.05, 3.63) is 138 Å². The van der Waals surface area contributed by atoms with Crippen molar-refractivity contribution in [3.63, 3.8) is 0 Å². The van der Waals surface area contributed by atoms with E-state index < -0.39 is 0 Å². The summed E-state index contributed by atoms with van der Waals surface area (Å²) >= 11 is 0. The van der Waals surface area contributed by atoms with Crippen molar-refractivity contribution >= 4 is 11.3 Å². The normalized spacial score (nSPS) is 14.7. The van der Waals surface area contributed by atoms with Gasteiger partial charge in [-0.15, -0.1) is 0 Å². The van der Waals surface area contributed by atoms with Gasteiger partial charge in [0, 0.05) is 22.5 Å². The molecule has 0 bridgehead atoms. The number of benzene rings is 3. The van der Waals surface area contributed by atoms with E-state index in [0.717, 1.165) is 39.5 Å². The quantitative estimate of drug-likeness (QED) is 0.423. The van der Waals surface area contributed by atoms with Gasteiger partial charge >= 0.3 is 0 Å². The molecule has 5 rings (SSSR count). The van der Waals surface area contributed by atoms with Gasteiger partial charge in [0.05, 0.1) is 11.4 Å². The van der Waals surface area contributed by atoms with Crippen LogP contribution in [0.4, 0.5) is 0 Å². The molecule has 1 aliphatic heterocycles. The average Bonchev–Trinajstić information content (AvgIpc) is 3.47. The van der Waals surface area contributed by atoms with Crippen LogP contribution in [0.15, 0.2) is 126 Å². The van der Waals surface area contributed by atoms with Crippen LogP contribution in [0, 0.1) is 0 Å². The summed E-state index contributed by atoms with van der Waals surface area (Å²) in [5.74, 6) is 0. The van der Waals surface area contributed by atoms with Crippen LogP contribution >= 0.6 is 0 Å². The van der Waals surface area contributed by atoms with Gasteiger partial charge in [-0.25, -0.2) is 4.99 Å². The number of nitrogens with zero attached hydrogens (tertiary/aromatic N) is 1. The number of allylic oxidation sites excluding steroid dienone is 2. The minimum absolute atomic E-state index is 0.969. The summed E-state index contributed by atoms with van der Waals surface area (Å²) in [5.41, 5.74) is 8.67. The number of hydrogen-bond donors (Lipinski definition) is 1. The third-order valence-corrected chi connectivity index (χ3v) is 5.07. The maximum atomic E-state index is 4.96. The Labute approximate surface area is 170 Å². The molecular formula is C27H20N2. The highest BCUT2D eigenvalue weighted by Gasteiger charge is 2.16. The number of aliphatic imine (C=N–C) groups is 1. The Morgan fingerprint density at radius 3 is 1.90 bits per heavy atom. The number of aromatic nitrogens is 1. The predicted molar refractivity (Wildman–Crippen MR) is 121 cm³/mol. The molecule has 0 fully saturated rings. The Bertz CT molecular complexity index is 1210. The van der Waals surface area contributed by atoms with Gasteiger partial charge in [0.25, 0.3) is 0 Å². The zero-order valence-electron chi connectivity index (χ0n) is 15.9. The lowest BCUT2D eigenvalue weighted by Gasteiger charge is -2.09. The highest BCUT2D eigenvalue weighted by molar-refractivity contribution is 6.12. The van der Waals surface area contributed by atoms with E-state index in [1.165, 1.54) is 5.56 Å². The Hall–Kier alpha value is -3.91. The number of aromatic amines is 1. The van der Waals surface area contributed by atoms with Gasteiger partial charge in [-0.3, -0.25) is 0 Å². The van der Waals surface area contributed by atoms with E-state index in [4.69, 9.17) is 4.99 Å². The van der Waals surface area contributed by atoms with Crippen molar-refractivity contribution in [2.24, 2.45) is 4.99 Å². The second kappa shape index (κ2) is 7.61. The average molecular weight is 372 g/mol. The zero-order chi connectivity index (χ0) is 19.5. The molecule has 1 aromatic heterocycles. The Morgan fingerprint density at radius 1 is 0.586 bits per heavy atom. The van der Waals surface area contributed by atoms with Crippen molar-refractivity contribution in [2.45, 2.75) is 0 Å². The summed E-state index contributed by atoms with van der Waals surface area (Å²) in [6, 6.07) is 35.4. The van der Waals surface area contributed by atoms with Crippen molar-refractivity contribution in [1.29, 1.82) is 0 Å². The summed E-state index contributed by atoms with van der Waals surface area (Å²) < 4.78 is 0. The van der Waals surface area contributed by atoms with Crippen LogP contribution < -0.4 is 0 Å². The first-order valence-electron chi connectivity index (χ1n) is 9.75. The zero-order valence-corrected chi connectivity index (χ0v) is 15.9. The molecule has 138 valence electrons. The van der Waals surface area contributed by atoms with Gasteiger partial charge in [-0.1, -0.05) is 91.0 Å². The van der Waals surface area contributed by atoms with Crippen LogP contribution in [-0.4, -0.2) is 10.7 Å². The molecule has 2 heterocycles. The first-order chi connectivity index (χ1) is 14.4. The van der Waals surface area contributed by atoms with E-state index in [2.05, 4.69) is 89.9 Å². The Morgan fingerprint density at radius 2 is 1.21 bits per heavy atom. The molecule has 1 aliphatic rings. The largest absolute Gasteiger partial charge is 0.354 e. The maximum absolute atomic E-state index is 4.96. The van der Waals surface area contributed by atoms with Gasteiger partial charge in [0.1, 0.15) is 0 Å². The maximum Gasteiger partial charge on any atom is 0.0737 e. The number of hydrogen-bond acceptors (Lipinski definition) is 1. The Kier molecular flexibility index (Phi) is 4.51. The number of H-pyrrole nitrogens is 1. The fraction of sp³-hybridized carbons (Fsp3) is 0. The lowest BCUT2D eigenvalue weighted by atomic mass is 10.0. The first kappa shape index (κ1) is 17.2. The van der Waals surface area contributed by atoms with Crippen LogP contribution in [0.3, 0.4) is 0 Å². The summed E-state index contributed by atoms with van der Waals surface area (Å²) in [4.78, 5) is 8.56. The fourth-order valence-electron chi connectivity index (χ4n) is 3.64. The number of nitrogens with one attached hydrogen (secondary N) is 1. The molecule has 0 aliphatic carbocycles. The van der Waals surface area contributed by atoms with Crippen molar-refractivity contribution in [3.8, 4) is 11.3 Å². The van der Waals surface area contributed by atoms with Gasteiger partial charge < -0.3 is 4.98 Å². The highest BCUT2D eigenvalue weighted by atomic mass is 14.8. The van der Waals surface area contributed by atoms with Crippen molar-refractivity contribution < 1.29 is 0 Å². The standard InChI is InChI=1S/C27H20N2/c1-4-10-20(11-5-1)23-16-18-25(28-23)27(22-14-8-3-9-15-22)26-19-17-24(29-26)21-12-6-2-7-13-21/h1-19,28H/b27-26-. The lowest BCUT2D eigenvalue weighted by Crippen LogP contribution is -1.94. The smallest absolute Gasteiger partial charge is 0.0737 e. The molecule has 0 saturated carbocycles. The molecule has 0 spiro atoms. The van der Waals surface area contributed by atoms with E-state index in [1.807, 2.05) is 30.3 Å². The molecule has 0 saturated heterocycles. The SMILES string of the molecule is C1=C/C(=C(\c2ccccc2)c2ccc(-c3ccccc3)[nH]2)N=C1c1ccccc1. The first-order valence-corrected chi connectivity index (χ1v) is 9.75. The van der Waals surface area contributed by atoms with Crippen molar-refractivity contribution in [1.82, 2.24) is 4.98 Å². The summed E-state index contributed by atoms with van der Waals surface area (Å²) in [7, 11) is 0. The van der Waals surface area contributed by atoms with Crippen LogP contribution in [0.1, 0.15) is 16.8 Å². The van der Waals surface area contributed by atoms with Gasteiger partial charge in [-0.05, 0) is 35.4 Å². The summed E-state index contributed by atoms with van der Waals surface area (Å²) in [6.45, 7) is 0. The second-order valence-corrected chi connectivity index (χ2v) is 6.97. The molecule has 0 radical (unpaired) electrons. The van der Waals surface area contributed by atoms with Gasteiger partial charge in [0.15, 0.2) is 0 Å². The summed E-state index contributed by atoms with van der Waals surface area (Å²) in [5, 5.41) is 0. The molecule has 29 heavy (non-hydrogen) atoms. The van der Waals surface area contributed by atoms with Crippen LogP contribution in [0.5, 0.6) is 0 Å². The third kappa shape index (κ3) is 3.48.